The molecule has 198 valence electrons. The number of piperidine rings is 1. The van der Waals surface area contributed by atoms with Crippen LogP contribution < -0.4 is 10.2 Å². The number of imide groups is 2. The predicted octanol–water partition coefficient (Wildman–Crippen LogP) is 1.22. The molecule has 37 heavy (non-hydrogen) atoms. The topological polar surface area (TPSA) is 120 Å². The van der Waals surface area contributed by atoms with E-state index in [4.69, 9.17) is 4.74 Å². The Balaban J connectivity index is 1.20. The molecule has 1 aromatic carbocycles. The zero-order chi connectivity index (χ0) is 26.5. The lowest BCUT2D eigenvalue weighted by Gasteiger charge is -2.39. The van der Waals surface area contributed by atoms with Crippen molar-refractivity contribution in [3.63, 3.8) is 0 Å². The smallest absolute Gasteiger partial charge is 0.410 e. The van der Waals surface area contributed by atoms with Crippen LogP contribution >= 0.6 is 0 Å². The minimum absolute atomic E-state index is 0.0931. The highest BCUT2D eigenvalue weighted by molar-refractivity contribution is 6.23. The number of carbonyl (C=O) groups is 5. The van der Waals surface area contributed by atoms with E-state index in [1.165, 1.54) is 0 Å². The van der Waals surface area contributed by atoms with E-state index in [1.54, 1.807) is 17.0 Å². The van der Waals surface area contributed by atoms with E-state index in [0.29, 0.717) is 18.7 Å². The summed E-state index contributed by atoms with van der Waals surface area (Å²) >= 11 is 0. The Morgan fingerprint density at radius 1 is 0.946 bits per heavy atom. The van der Waals surface area contributed by atoms with Crippen LogP contribution in [0.5, 0.6) is 0 Å². The van der Waals surface area contributed by atoms with Crippen LogP contribution in [0.2, 0.25) is 0 Å². The van der Waals surface area contributed by atoms with Gasteiger partial charge in [0, 0.05) is 57.4 Å². The number of benzene rings is 1. The second-order valence-electron chi connectivity index (χ2n) is 11.1. The molecule has 4 aliphatic rings. The molecule has 0 spiro atoms. The lowest BCUT2D eigenvalue weighted by Crippen LogP contribution is -2.54. The first-order chi connectivity index (χ1) is 17.5. The summed E-state index contributed by atoms with van der Waals surface area (Å²) in [7, 11) is 0. The molecule has 5 rings (SSSR count). The molecular weight excluding hydrogens is 478 g/mol. The third-order valence-electron chi connectivity index (χ3n) is 7.43. The number of piperazine rings is 1. The van der Waals surface area contributed by atoms with Gasteiger partial charge in [0.15, 0.2) is 0 Å². The first kappa shape index (κ1) is 25.2. The Kier molecular flexibility index (Phi) is 6.43. The van der Waals surface area contributed by atoms with E-state index in [2.05, 4.69) is 15.1 Å². The van der Waals surface area contributed by atoms with Gasteiger partial charge >= 0.3 is 6.09 Å². The van der Waals surface area contributed by atoms with Crippen LogP contribution in [-0.4, -0.2) is 101 Å². The number of carbonyl (C=O) groups excluding carboxylic acids is 5. The highest BCUT2D eigenvalue weighted by Gasteiger charge is 2.45. The van der Waals surface area contributed by atoms with E-state index >= 15 is 0 Å². The van der Waals surface area contributed by atoms with Gasteiger partial charge in [0.25, 0.3) is 11.8 Å². The van der Waals surface area contributed by atoms with Gasteiger partial charge in [-0.15, -0.1) is 0 Å². The third kappa shape index (κ3) is 4.92. The maximum Gasteiger partial charge on any atom is 0.410 e. The minimum Gasteiger partial charge on any atom is -0.444 e. The fraction of sp³-hybridized carbons (Fsp3) is 0.577. The van der Waals surface area contributed by atoms with Gasteiger partial charge in [-0.1, -0.05) is 0 Å². The summed E-state index contributed by atoms with van der Waals surface area (Å²) in [4.78, 5) is 69.6. The Morgan fingerprint density at radius 3 is 2.32 bits per heavy atom. The third-order valence-corrected chi connectivity index (χ3v) is 7.43. The van der Waals surface area contributed by atoms with Gasteiger partial charge in [-0.25, -0.2) is 4.79 Å². The molecule has 2 unspecified atom stereocenters. The molecule has 3 fully saturated rings. The predicted molar refractivity (Wildman–Crippen MR) is 133 cm³/mol. The molecule has 4 aliphatic heterocycles. The summed E-state index contributed by atoms with van der Waals surface area (Å²) in [5.41, 5.74) is 0.914. The van der Waals surface area contributed by atoms with Gasteiger partial charge in [0.1, 0.15) is 11.6 Å². The molecule has 5 amide bonds. The summed E-state index contributed by atoms with van der Waals surface area (Å²) in [5.74, 6) is -2.00. The monoisotopic (exact) mass is 511 g/mol. The molecular formula is C26H33N5O6. The molecule has 0 radical (unpaired) electrons. The van der Waals surface area contributed by atoms with Crippen LogP contribution in [0, 0.1) is 0 Å². The van der Waals surface area contributed by atoms with Crippen LogP contribution in [0.15, 0.2) is 18.2 Å². The lowest BCUT2D eigenvalue weighted by atomic mass is 10.0. The van der Waals surface area contributed by atoms with Crippen molar-refractivity contribution in [1.29, 1.82) is 0 Å². The quantitative estimate of drug-likeness (QED) is 0.602. The summed E-state index contributed by atoms with van der Waals surface area (Å²) in [6.07, 6.45) is 0.871. The second-order valence-corrected chi connectivity index (χ2v) is 11.1. The first-order valence-electron chi connectivity index (χ1n) is 12.8. The van der Waals surface area contributed by atoms with Gasteiger partial charge in [-0.2, -0.15) is 0 Å². The molecule has 2 atom stereocenters. The number of hydrogen-bond acceptors (Lipinski definition) is 8. The number of hydrogen-bond donors (Lipinski definition) is 1. The average molecular weight is 512 g/mol. The van der Waals surface area contributed by atoms with Crippen molar-refractivity contribution in [3.05, 3.63) is 29.3 Å². The molecule has 0 aromatic heterocycles. The number of fused-ring (bicyclic) bond motifs is 1. The van der Waals surface area contributed by atoms with Crippen molar-refractivity contribution in [2.45, 2.75) is 57.7 Å². The van der Waals surface area contributed by atoms with Crippen molar-refractivity contribution >= 4 is 35.4 Å². The second kappa shape index (κ2) is 9.44. The van der Waals surface area contributed by atoms with E-state index in [-0.39, 0.29) is 30.5 Å². The minimum atomic E-state index is -0.969. The van der Waals surface area contributed by atoms with Crippen molar-refractivity contribution in [2.24, 2.45) is 0 Å². The SMILES string of the molecule is CC(C)(C)OC(=O)N1CCC(N2CCN(c3ccc4c(c3)C(=O)N(C3CCC(=O)NC3=O)C4=O)CC2)C1. The van der Waals surface area contributed by atoms with Gasteiger partial charge < -0.3 is 14.5 Å². The maximum absolute atomic E-state index is 13.1. The molecule has 1 N–H and O–H groups in total. The molecule has 3 saturated heterocycles. The highest BCUT2D eigenvalue weighted by Crippen LogP contribution is 2.31. The van der Waals surface area contributed by atoms with Crippen molar-refractivity contribution in [3.8, 4) is 0 Å². The van der Waals surface area contributed by atoms with Gasteiger partial charge in [0.2, 0.25) is 11.8 Å². The van der Waals surface area contributed by atoms with Crippen LogP contribution in [0.3, 0.4) is 0 Å². The van der Waals surface area contributed by atoms with Crippen molar-refractivity contribution < 1.29 is 28.7 Å². The van der Waals surface area contributed by atoms with E-state index in [9.17, 15) is 24.0 Å². The first-order valence-corrected chi connectivity index (χ1v) is 12.8. The molecule has 0 bridgehead atoms. The Labute approximate surface area is 215 Å². The standard InChI is InChI=1S/C26H33N5O6/c1-26(2,3)37-25(36)30-9-8-17(15-30)29-12-10-28(11-13-29)16-4-5-18-19(14-16)24(35)31(23(18)34)20-6-7-21(32)27-22(20)33/h4-5,14,17,20H,6-13,15H2,1-3H3,(H,27,32,33). The fourth-order valence-corrected chi connectivity index (χ4v) is 5.53. The summed E-state index contributed by atoms with van der Waals surface area (Å²) in [6, 6.07) is 4.54. The van der Waals surface area contributed by atoms with Crippen LogP contribution in [-0.2, 0) is 14.3 Å². The average Bonchev–Trinajstić information content (AvgIpc) is 3.43. The number of rotatable bonds is 3. The molecule has 11 nitrogen and oxygen atoms in total. The number of nitrogens with zero attached hydrogens (tertiary/aromatic N) is 4. The normalized spacial score (nSPS) is 25.0. The van der Waals surface area contributed by atoms with E-state index in [0.717, 1.165) is 43.2 Å². The summed E-state index contributed by atoms with van der Waals surface area (Å²) < 4.78 is 5.51. The zero-order valence-electron chi connectivity index (χ0n) is 21.5. The Morgan fingerprint density at radius 2 is 1.65 bits per heavy atom. The van der Waals surface area contributed by atoms with E-state index < -0.39 is 35.3 Å². The highest BCUT2D eigenvalue weighted by atomic mass is 16.6. The number of nitrogens with one attached hydrogen (secondary N) is 1. The molecule has 0 aliphatic carbocycles. The Bertz CT molecular complexity index is 1150. The number of amides is 5. The van der Waals surface area contributed by atoms with E-state index in [1.807, 2.05) is 26.8 Å². The molecule has 11 heteroatoms. The maximum atomic E-state index is 13.1. The lowest BCUT2D eigenvalue weighted by molar-refractivity contribution is -0.136. The number of anilines is 1. The Hall–Kier alpha value is -3.47. The van der Waals surface area contributed by atoms with Gasteiger partial charge in [-0.3, -0.25) is 34.3 Å². The largest absolute Gasteiger partial charge is 0.444 e. The summed E-state index contributed by atoms with van der Waals surface area (Å²) in [6.45, 7) is 10.1. The zero-order valence-corrected chi connectivity index (χ0v) is 21.5. The van der Waals surface area contributed by atoms with Crippen LogP contribution in [0.1, 0.15) is 60.7 Å². The van der Waals surface area contributed by atoms with Crippen molar-refractivity contribution in [2.75, 3.05) is 44.2 Å². The van der Waals surface area contributed by atoms with Crippen LogP contribution in [0.4, 0.5) is 10.5 Å². The van der Waals surface area contributed by atoms with Gasteiger partial charge in [-0.05, 0) is 51.8 Å². The van der Waals surface area contributed by atoms with Crippen LogP contribution in [0.25, 0.3) is 0 Å². The van der Waals surface area contributed by atoms with Gasteiger partial charge in [0.05, 0.1) is 11.1 Å². The number of likely N-dealkylation sites (tertiary alicyclic amines) is 1. The number of ether oxygens (including phenoxy) is 1. The molecule has 1 aromatic rings. The fourth-order valence-electron chi connectivity index (χ4n) is 5.53. The molecule has 0 saturated carbocycles. The van der Waals surface area contributed by atoms with Crippen molar-refractivity contribution in [1.82, 2.24) is 20.0 Å². The summed E-state index contributed by atoms with van der Waals surface area (Å²) in [5, 5.41) is 2.22. The molecule has 4 heterocycles.